The second-order valence-electron chi connectivity index (χ2n) is 7.87. The van der Waals surface area contributed by atoms with E-state index in [4.69, 9.17) is 18.9 Å². The van der Waals surface area contributed by atoms with Crippen molar-refractivity contribution >= 4 is 0 Å². The summed E-state index contributed by atoms with van der Waals surface area (Å²) in [5.41, 5.74) is 3.40. The Hall–Kier alpha value is -2.20. The molecule has 0 amide bonds. The van der Waals surface area contributed by atoms with E-state index in [-0.39, 0.29) is 6.79 Å². The zero-order valence-corrected chi connectivity index (χ0v) is 17.5. The van der Waals surface area contributed by atoms with E-state index in [0.29, 0.717) is 24.3 Å². The van der Waals surface area contributed by atoms with Gasteiger partial charge < -0.3 is 39.4 Å². The molecule has 0 radical (unpaired) electrons. The molecule has 0 saturated carbocycles. The van der Waals surface area contributed by atoms with Gasteiger partial charge >= 0.3 is 0 Å². The summed E-state index contributed by atoms with van der Waals surface area (Å²) in [6, 6.07) is 11.5. The Kier molecular flexibility index (Phi) is 6.20. The molecule has 1 fully saturated rings. The minimum absolute atomic E-state index is 0.206. The van der Waals surface area contributed by atoms with Gasteiger partial charge in [-0.2, -0.15) is 0 Å². The van der Waals surface area contributed by atoms with Crippen molar-refractivity contribution < 1.29 is 39.4 Å². The Morgan fingerprint density at radius 1 is 1.10 bits per heavy atom. The average molecular weight is 432 g/mol. The smallest absolute Gasteiger partial charge is 0.231 e. The first-order valence-corrected chi connectivity index (χ1v) is 10.3. The van der Waals surface area contributed by atoms with Crippen molar-refractivity contribution in [1.82, 2.24) is 0 Å². The third-order valence-corrected chi connectivity index (χ3v) is 5.88. The summed E-state index contributed by atoms with van der Waals surface area (Å²) in [5, 5.41) is 40.9. The zero-order valence-electron chi connectivity index (χ0n) is 17.5. The molecule has 0 aromatic heterocycles. The second kappa shape index (κ2) is 8.74. The summed E-state index contributed by atoms with van der Waals surface area (Å²) < 4.78 is 22.7. The molecule has 4 rings (SSSR count). The normalized spacial score (nSPS) is 30.0. The molecular weight excluding hydrogens is 404 g/mol. The highest BCUT2D eigenvalue weighted by Gasteiger charge is 2.58. The highest BCUT2D eigenvalue weighted by molar-refractivity contribution is 5.48. The van der Waals surface area contributed by atoms with Gasteiger partial charge in [0.1, 0.15) is 35.9 Å². The summed E-state index contributed by atoms with van der Waals surface area (Å²) in [6.07, 6.45) is -5.11. The fourth-order valence-electron chi connectivity index (χ4n) is 4.14. The van der Waals surface area contributed by atoms with Crippen molar-refractivity contribution in [3.63, 3.8) is 0 Å². The van der Waals surface area contributed by atoms with Gasteiger partial charge in [0.25, 0.3) is 0 Å². The molecule has 8 nitrogen and oxygen atoms in total. The summed E-state index contributed by atoms with van der Waals surface area (Å²) in [7, 11) is 0. The van der Waals surface area contributed by atoms with Crippen LogP contribution >= 0.6 is 0 Å². The van der Waals surface area contributed by atoms with Crippen LogP contribution in [0, 0.1) is 6.92 Å². The fraction of sp³-hybridized carbons (Fsp3) is 0.478. The minimum Gasteiger partial charge on any atom is -0.494 e. The second-order valence-corrected chi connectivity index (χ2v) is 7.87. The van der Waals surface area contributed by atoms with E-state index in [9.17, 15) is 20.4 Å². The molecule has 2 aliphatic heterocycles. The van der Waals surface area contributed by atoms with Crippen molar-refractivity contribution in [1.29, 1.82) is 0 Å². The van der Waals surface area contributed by atoms with Gasteiger partial charge in [-0.05, 0) is 61.2 Å². The van der Waals surface area contributed by atoms with E-state index < -0.39 is 36.8 Å². The van der Waals surface area contributed by atoms with Gasteiger partial charge in [-0.25, -0.2) is 0 Å². The summed E-state index contributed by atoms with van der Waals surface area (Å²) >= 11 is 0. The van der Waals surface area contributed by atoms with E-state index in [1.54, 1.807) is 0 Å². The number of fused-ring (bicyclic) bond motifs is 2. The quantitative estimate of drug-likeness (QED) is 0.552. The fourth-order valence-corrected chi connectivity index (χ4v) is 4.14. The minimum atomic E-state index is -1.76. The van der Waals surface area contributed by atoms with Crippen molar-refractivity contribution in [2.24, 2.45) is 0 Å². The Bertz CT molecular complexity index is 913. The van der Waals surface area contributed by atoms with Crippen molar-refractivity contribution in [3.8, 4) is 11.5 Å². The van der Waals surface area contributed by atoms with Crippen LogP contribution in [0.1, 0.15) is 29.2 Å². The predicted molar refractivity (Wildman–Crippen MR) is 110 cm³/mol. The van der Waals surface area contributed by atoms with Gasteiger partial charge in [-0.1, -0.05) is 12.1 Å². The lowest BCUT2D eigenvalue weighted by Gasteiger charge is -2.49. The molecule has 2 aliphatic rings. The third-order valence-electron chi connectivity index (χ3n) is 5.88. The van der Waals surface area contributed by atoms with Gasteiger partial charge in [0.2, 0.25) is 5.79 Å². The van der Waals surface area contributed by atoms with Crippen molar-refractivity contribution in [3.05, 3.63) is 58.7 Å². The van der Waals surface area contributed by atoms with Crippen LogP contribution in [0.5, 0.6) is 11.5 Å². The molecule has 0 aliphatic carbocycles. The monoisotopic (exact) mass is 432 g/mol. The maximum atomic E-state index is 10.8. The molecule has 8 heteroatoms. The van der Waals surface area contributed by atoms with Crippen LogP contribution in [-0.4, -0.2) is 64.8 Å². The lowest BCUT2D eigenvalue weighted by atomic mass is 9.85. The third kappa shape index (κ3) is 3.91. The maximum Gasteiger partial charge on any atom is 0.231 e. The van der Waals surface area contributed by atoms with E-state index >= 15 is 0 Å². The summed E-state index contributed by atoms with van der Waals surface area (Å²) in [4.78, 5) is 0. The molecule has 31 heavy (non-hydrogen) atoms. The Balaban J connectivity index is 1.71. The van der Waals surface area contributed by atoms with Gasteiger partial charge in [-0.15, -0.1) is 0 Å². The molecule has 4 N–H and O–H groups in total. The number of rotatable bonds is 5. The van der Waals surface area contributed by atoms with Crippen LogP contribution < -0.4 is 9.47 Å². The molecule has 1 saturated heterocycles. The Morgan fingerprint density at radius 2 is 1.84 bits per heavy atom. The summed E-state index contributed by atoms with van der Waals surface area (Å²) in [5.74, 6) is -0.505. The molecule has 5 atom stereocenters. The Labute approximate surface area is 180 Å². The SMILES string of the molecule is CCOc1ccc(Cc2cc3c(cc2C)OCO[C@]32O[C@H](CO)[C@@H](O)[C@H](O)[C@H]2O)cc1. The maximum absolute atomic E-state index is 10.8. The molecule has 168 valence electrons. The predicted octanol–water partition coefficient (Wildman–Crippen LogP) is 0.978. The standard InChI is InChI=1S/C23H28O8/c1-3-28-16-6-4-14(5-7-16)9-15-10-17-18(8-13(15)2)29-12-30-23(17)22(27)21(26)20(25)19(11-24)31-23/h4-8,10,19-22,24-27H,3,9,11-12H2,1-2H3/t19-,20-,21+,22-,23+/m1/s1. The van der Waals surface area contributed by atoms with Crippen molar-refractivity contribution in [2.45, 2.75) is 50.5 Å². The van der Waals surface area contributed by atoms with Gasteiger partial charge in [-0.3, -0.25) is 0 Å². The first kappa shape index (κ1) is 22.0. The van der Waals surface area contributed by atoms with Gasteiger partial charge in [0.05, 0.1) is 18.8 Å². The molecule has 0 bridgehead atoms. The van der Waals surface area contributed by atoms with E-state index in [0.717, 1.165) is 22.4 Å². The largest absolute Gasteiger partial charge is 0.494 e. The van der Waals surface area contributed by atoms with E-state index in [1.165, 1.54) is 0 Å². The number of hydrogen-bond donors (Lipinski definition) is 4. The first-order valence-electron chi connectivity index (χ1n) is 10.3. The molecule has 2 aromatic rings. The van der Waals surface area contributed by atoms with Crippen LogP contribution in [0.15, 0.2) is 36.4 Å². The van der Waals surface area contributed by atoms with E-state index in [1.807, 2.05) is 50.2 Å². The highest BCUT2D eigenvalue weighted by Crippen LogP contribution is 2.46. The van der Waals surface area contributed by atoms with E-state index in [2.05, 4.69) is 0 Å². The molecule has 2 aromatic carbocycles. The topological polar surface area (TPSA) is 118 Å². The average Bonchev–Trinajstić information content (AvgIpc) is 2.77. The van der Waals surface area contributed by atoms with Gasteiger partial charge in [0, 0.05) is 0 Å². The van der Waals surface area contributed by atoms with Crippen LogP contribution in [0.25, 0.3) is 0 Å². The zero-order chi connectivity index (χ0) is 22.2. The van der Waals surface area contributed by atoms with Crippen LogP contribution in [0.4, 0.5) is 0 Å². The summed E-state index contributed by atoms with van der Waals surface area (Å²) in [6.45, 7) is 3.75. The number of aryl methyl sites for hydroxylation is 1. The Morgan fingerprint density at radius 3 is 2.52 bits per heavy atom. The number of aliphatic hydroxyl groups excluding tert-OH is 4. The molecule has 2 heterocycles. The highest BCUT2D eigenvalue weighted by atomic mass is 16.8. The number of hydrogen-bond acceptors (Lipinski definition) is 8. The first-order chi connectivity index (χ1) is 14.9. The molecule has 1 spiro atoms. The van der Waals surface area contributed by atoms with Crippen LogP contribution in [0.2, 0.25) is 0 Å². The molecular formula is C23H28O8. The number of aliphatic hydroxyl groups is 4. The lowest BCUT2D eigenvalue weighted by molar-refractivity contribution is -0.389. The van der Waals surface area contributed by atoms with Crippen LogP contribution in [-0.2, 0) is 21.7 Å². The number of ether oxygens (including phenoxy) is 4. The van der Waals surface area contributed by atoms with Gasteiger partial charge in [0.15, 0.2) is 6.79 Å². The van der Waals surface area contributed by atoms with Crippen LogP contribution in [0.3, 0.4) is 0 Å². The van der Waals surface area contributed by atoms with Crippen molar-refractivity contribution in [2.75, 3.05) is 20.0 Å². The lowest BCUT2D eigenvalue weighted by Crippen LogP contribution is -2.65. The molecule has 0 unspecified atom stereocenters. The number of benzene rings is 2.